The lowest BCUT2D eigenvalue weighted by molar-refractivity contribution is -0.0226. The Morgan fingerprint density at radius 1 is 1.48 bits per heavy atom. The summed E-state index contributed by atoms with van der Waals surface area (Å²) in [6, 6.07) is 7.54. The fourth-order valence-corrected chi connectivity index (χ4v) is 2.84. The first-order valence-corrected chi connectivity index (χ1v) is 7.91. The van der Waals surface area contributed by atoms with Crippen LogP contribution in [-0.2, 0) is 4.74 Å². The van der Waals surface area contributed by atoms with Crippen molar-refractivity contribution < 1.29 is 14.3 Å². The van der Waals surface area contributed by atoms with Crippen LogP contribution in [0, 0.1) is 0 Å². The van der Waals surface area contributed by atoms with Gasteiger partial charge in [0.25, 0.3) is 5.91 Å². The van der Waals surface area contributed by atoms with Crippen LogP contribution in [0.15, 0.2) is 24.3 Å². The van der Waals surface area contributed by atoms with E-state index in [2.05, 4.69) is 22.2 Å². The van der Waals surface area contributed by atoms with Gasteiger partial charge in [-0.1, -0.05) is 0 Å². The third-order valence-corrected chi connectivity index (χ3v) is 4.17. The molecule has 1 saturated heterocycles. The van der Waals surface area contributed by atoms with E-state index in [9.17, 15) is 4.79 Å². The molecule has 1 aliphatic heterocycles. The van der Waals surface area contributed by atoms with Gasteiger partial charge in [-0.3, -0.25) is 4.79 Å². The number of rotatable bonds is 5. The van der Waals surface area contributed by atoms with E-state index in [1.807, 2.05) is 24.3 Å². The van der Waals surface area contributed by atoms with Crippen molar-refractivity contribution in [3.8, 4) is 5.75 Å². The summed E-state index contributed by atoms with van der Waals surface area (Å²) in [4.78, 5) is 17.6. The molecule has 1 fully saturated rings. The lowest BCUT2D eigenvalue weighted by Crippen LogP contribution is -2.41. The Balaban J connectivity index is 1.55. The molecule has 1 aliphatic rings. The lowest BCUT2D eigenvalue weighted by atomic mass is 10.2. The molecule has 1 aromatic carbocycles. The number of morpholine rings is 1. The molecule has 0 aliphatic carbocycles. The first-order valence-electron chi connectivity index (χ1n) is 7.91. The highest BCUT2D eigenvalue weighted by molar-refractivity contribution is 5.98. The summed E-state index contributed by atoms with van der Waals surface area (Å²) in [5, 5.41) is 3.92. The van der Waals surface area contributed by atoms with E-state index in [4.69, 9.17) is 9.47 Å². The predicted molar refractivity (Wildman–Crippen MR) is 89.0 cm³/mol. The normalized spacial score (nSPS) is 19.0. The molecule has 0 saturated carbocycles. The highest BCUT2D eigenvalue weighted by atomic mass is 16.5. The van der Waals surface area contributed by atoms with Crippen molar-refractivity contribution in [1.82, 2.24) is 15.2 Å². The minimum atomic E-state index is -0.0932. The molecule has 3 rings (SSSR count). The number of ether oxygens (including phenoxy) is 2. The van der Waals surface area contributed by atoms with Gasteiger partial charge in [-0.15, -0.1) is 0 Å². The summed E-state index contributed by atoms with van der Waals surface area (Å²) in [5.41, 5.74) is 1.49. The third kappa shape index (κ3) is 3.83. The van der Waals surface area contributed by atoms with Crippen molar-refractivity contribution in [2.75, 3.05) is 40.4 Å². The van der Waals surface area contributed by atoms with Gasteiger partial charge in [-0.2, -0.15) is 0 Å². The zero-order valence-corrected chi connectivity index (χ0v) is 13.6. The number of aromatic nitrogens is 1. The first kappa shape index (κ1) is 15.8. The lowest BCUT2D eigenvalue weighted by Gasteiger charge is -2.30. The highest BCUT2D eigenvalue weighted by Gasteiger charge is 2.18. The van der Waals surface area contributed by atoms with Crippen molar-refractivity contribution in [1.29, 1.82) is 0 Å². The monoisotopic (exact) mass is 317 g/mol. The highest BCUT2D eigenvalue weighted by Crippen LogP contribution is 2.21. The zero-order valence-electron chi connectivity index (χ0n) is 13.6. The van der Waals surface area contributed by atoms with Gasteiger partial charge in [-0.25, -0.2) is 0 Å². The molecular formula is C17H23N3O3. The van der Waals surface area contributed by atoms with E-state index in [-0.39, 0.29) is 12.0 Å². The molecule has 2 aromatic rings. The van der Waals surface area contributed by atoms with Crippen molar-refractivity contribution in [3.05, 3.63) is 30.0 Å². The SMILES string of the molecule is COc1ccc2[nH]c(C(=O)NCCC3CN(C)CCO3)cc2c1. The van der Waals surface area contributed by atoms with Gasteiger partial charge < -0.3 is 24.7 Å². The van der Waals surface area contributed by atoms with Crippen LogP contribution >= 0.6 is 0 Å². The fourth-order valence-electron chi connectivity index (χ4n) is 2.84. The number of fused-ring (bicyclic) bond motifs is 1. The average molecular weight is 317 g/mol. The van der Waals surface area contributed by atoms with Crippen LogP contribution in [0.2, 0.25) is 0 Å². The Kier molecular flexibility index (Phi) is 4.83. The largest absolute Gasteiger partial charge is 0.497 e. The van der Waals surface area contributed by atoms with E-state index >= 15 is 0 Å². The zero-order chi connectivity index (χ0) is 16.2. The number of aromatic amines is 1. The van der Waals surface area contributed by atoms with Crippen LogP contribution in [-0.4, -0.2) is 62.3 Å². The van der Waals surface area contributed by atoms with Crippen molar-refractivity contribution in [2.24, 2.45) is 0 Å². The maximum atomic E-state index is 12.2. The van der Waals surface area contributed by atoms with E-state index in [1.54, 1.807) is 7.11 Å². The van der Waals surface area contributed by atoms with Crippen LogP contribution in [0.5, 0.6) is 5.75 Å². The number of nitrogens with zero attached hydrogens (tertiary/aromatic N) is 1. The summed E-state index contributed by atoms with van der Waals surface area (Å²) in [6.07, 6.45) is 1.02. The van der Waals surface area contributed by atoms with Gasteiger partial charge in [0, 0.05) is 30.5 Å². The molecule has 23 heavy (non-hydrogen) atoms. The number of carbonyl (C=O) groups is 1. The maximum absolute atomic E-state index is 12.2. The molecule has 1 unspecified atom stereocenters. The number of methoxy groups -OCH3 is 1. The number of hydrogen-bond acceptors (Lipinski definition) is 4. The number of carbonyl (C=O) groups excluding carboxylic acids is 1. The predicted octanol–water partition coefficient (Wildman–Crippen LogP) is 1.63. The molecule has 0 spiro atoms. The van der Waals surface area contributed by atoms with E-state index < -0.39 is 0 Å². The van der Waals surface area contributed by atoms with Gasteiger partial charge in [0.2, 0.25) is 0 Å². The summed E-state index contributed by atoms with van der Waals surface area (Å²) >= 11 is 0. The summed E-state index contributed by atoms with van der Waals surface area (Å²) < 4.78 is 10.9. The van der Waals surface area contributed by atoms with Crippen LogP contribution in [0.4, 0.5) is 0 Å². The number of amides is 1. The van der Waals surface area contributed by atoms with Gasteiger partial charge in [0.15, 0.2) is 0 Å². The number of benzene rings is 1. The number of nitrogens with one attached hydrogen (secondary N) is 2. The topological polar surface area (TPSA) is 66.6 Å². The second-order valence-electron chi connectivity index (χ2n) is 5.94. The van der Waals surface area contributed by atoms with Crippen molar-refractivity contribution in [3.63, 3.8) is 0 Å². The summed E-state index contributed by atoms with van der Waals surface area (Å²) in [5.74, 6) is 0.686. The number of H-pyrrole nitrogens is 1. The van der Waals surface area contributed by atoms with Gasteiger partial charge in [0.05, 0.1) is 19.8 Å². The Labute approximate surface area is 135 Å². The maximum Gasteiger partial charge on any atom is 0.267 e. The molecule has 124 valence electrons. The summed E-state index contributed by atoms with van der Waals surface area (Å²) in [6.45, 7) is 3.26. The van der Waals surface area contributed by atoms with E-state index in [0.717, 1.165) is 42.8 Å². The smallest absolute Gasteiger partial charge is 0.267 e. The molecule has 6 nitrogen and oxygen atoms in total. The van der Waals surface area contributed by atoms with Crippen molar-refractivity contribution in [2.45, 2.75) is 12.5 Å². The second-order valence-corrected chi connectivity index (χ2v) is 5.94. The summed E-state index contributed by atoms with van der Waals surface area (Å²) in [7, 11) is 3.72. The molecule has 1 atom stereocenters. The molecule has 1 aromatic heterocycles. The van der Waals surface area contributed by atoms with Gasteiger partial charge in [-0.05, 0) is 37.7 Å². The van der Waals surface area contributed by atoms with Crippen molar-refractivity contribution >= 4 is 16.8 Å². The van der Waals surface area contributed by atoms with E-state index in [0.29, 0.717) is 12.2 Å². The van der Waals surface area contributed by atoms with Crippen LogP contribution in [0.3, 0.4) is 0 Å². The first-order chi connectivity index (χ1) is 11.2. The Morgan fingerprint density at radius 3 is 3.13 bits per heavy atom. The molecule has 0 radical (unpaired) electrons. The third-order valence-electron chi connectivity index (χ3n) is 4.17. The Bertz CT molecular complexity index is 683. The molecular weight excluding hydrogens is 294 g/mol. The van der Waals surface area contributed by atoms with Crippen LogP contribution in [0.25, 0.3) is 10.9 Å². The van der Waals surface area contributed by atoms with Crippen LogP contribution in [0.1, 0.15) is 16.9 Å². The quantitative estimate of drug-likeness (QED) is 0.879. The molecule has 6 heteroatoms. The minimum absolute atomic E-state index is 0.0932. The fraction of sp³-hybridized carbons (Fsp3) is 0.471. The van der Waals surface area contributed by atoms with Gasteiger partial charge >= 0.3 is 0 Å². The van der Waals surface area contributed by atoms with E-state index in [1.165, 1.54) is 0 Å². The standard InChI is InChI=1S/C17H23N3O3/c1-20-7-8-23-14(11-20)5-6-18-17(21)16-10-12-9-13(22-2)3-4-15(12)19-16/h3-4,9-10,14,19H,5-8,11H2,1-2H3,(H,18,21). The van der Waals surface area contributed by atoms with Crippen LogP contribution < -0.4 is 10.1 Å². The second kappa shape index (κ2) is 7.02. The Morgan fingerprint density at radius 2 is 2.35 bits per heavy atom. The molecule has 1 amide bonds. The number of likely N-dealkylation sites (N-methyl/N-ethyl adjacent to an activating group) is 1. The minimum Gasteiger partial charge on any atom is -0.497 e. The molecule has 0 bridgehead atoms. The van der Waals surface area contributed by atoms with Gasteiger partial charge in [0.1, 0.15) is 11.4 Å². The number of hydrogen-bond donors (Lipinski definition) is 2. The average Bonchev–Trinajstić information content (AvgIpc) is 2.98. The molecule has 2 N–H and O–H groups in total. The molecule has 2 heterocycles. The Hall–Kier alpha value is -2.05.